The van der Waals surface area contributed by atoms with Gasteiger partial charge in [0.1, 0.15) is 18.4 Å². The van der Waals surface area contributed by atoms with Crippen molar-refractivity contribution in [3.05, 3.63) is 23.8 Å². The van der Waals surface area contributed by atoms with Crippen molar-refractivity contribution in [2.75, 3.05) is 20.8 Å². The molecule has 128 valence electrons. The molecule has 0 spiro atoms. The van der Waals surface area contributed by atoms with Gasteiger partial charge in [0.05, 0.1) is 25.3 Å². The molecule has 0 fully saturated rings. The molecule has 0 saturated carbocycles. The third kappa shape index (κ3) is 3.06. The molecule has 0 amide bonds. The zero-order chi connectivity index (χ0) is 17.9. The van der Waals surface area contributed by atoms with Gasteiger partial charge in [-0.1, -0.05) is 0 Å². The first-order chi connectivity index (χ1) is 11.4. The number of ether oxygens (including phenoxy) is 2. The maximum Gasteiger partial charge on any atom is 0.320 e. The number of sulfonamides is 1. The summed E-state index contributed by atoms with van der Waals surface area (Å²) in [7, 11) is -1.42. The lowest BCUT2D eigenvalue weighted by Crippen LogP contribution is -2.32. The van der Waals surface area contributed by atoms with Crippen LogP contribution in [0.2, 0.25) is 0 Å². The van der Waals surface area contributed by atoms with Crippen LogP contribution in [0.4, 0.5) is 0 Å². The molecule has 9 heteroatoms. The van der Waals surface area contributed by atoms with Gasteiger partial charge in [-0.05, 0) is 19.1 Å². The van der Waals surface area contributed by atoms with Crippen molar-refractivity contribution in [2.24, 2.45) is 0 Å². The van der Waals surface area contributed by atoms with Crippen molar-refractivity contribution in [1.82, 2.24) is 9.29 Å². The maximum absolute atomic E-state index is 12.6. The van der Waals surface area contributed by atoms with Crippen LogP contribution in [0.1, 0.15) is 12.5 Å². The third-order valence-corrected chi connectivity index (χ3v) is 5.00. The molecule has 1 heterocycles. The molecule has 1 N–H and O–H groups in total. The number of esters is 1. The molecule has 2 rings (SSSR count). The van der Waals surface area contributed by atoms with Crippen LogP contribution >= 0.6 is 0 Å². The van der Waals surface area contributed by atoms with Crippen LogP contribution in [0.25, 0.3) is 10.9 Å². The summed E-state index contributed by atoms with van der Waals surface area (Å²) in [5.74, 6) is -0.177. The van der Waals surface area contributed by atoms with Crippen molar-refractivity contribution in [1.29, 1.82) is 5.26 Å². The van der Waals surface area contributed by atoms with E-state index in [1.807, 2.05) is 6.07 Å². The highest BCUT2D eigenvalue weighted by atomic mass is 32.2. The van der Waals surface area contributed by atoms with Crippen LogP contribution in [0.15, 0.2) is 23.2 Å². The molecule has 0 bridgehead atoms. The Hall–Kier alpha value is -2.57. The fourth-order valence-corrected chi connectivity index (χ4v) is 3.82. The molecule has 0 radical (unpaired) electrons. The van der Waals surface area contributed by atoms with Gasteiger partial charge in [-0.3, -0.25) is 4.79 Å². The predicted molar refractivity (Wildman–Crippen MR) is 86.1 cm³/mol. The topological polar surface area (TPSA) is 110 Å². The molecular weight excluding hydrogens is 334 g/mol. The van der Waals surface area contributed by atoms with Gasteiger partial charge >= 0.3 is 5.97 Å². The van der Waals surface area contributed by atoms with Gasteiger partial charge in [0.15, 0.2) is 5.03 Å². The van der Waals surface area contributed by atoms with Gasteiger partial charge in [-0.15, -0.1) is 0 Å². The number of nitrogens with one attached hydrogen (secondary N) is 1. The van der Waals surface area contributed by atoms with Gasteiger partial charge in [0, 0.05) is 18.0 Å². The second-order valence-electron chi connectivity index (χ2n) is 4.82. The summed E-state index contributed by atoms with van der Waals surface area (Å²) in [5, 5.41) is 9.78. The summed E-state index contributed by atoms with van der Waals surface area (Å²) in [6.07, 6.45) is 0. The van der Waals surface area contributed by atoms with E-state index >= 15 is 0 Å². The van der Waals surface area contributed by atoms with Crippen molar-refractivity contribution >= 4 is 26.9 Å². The molecule has 24 heavy (non-hydrogen) atoms. The third-order valence-electron chi connectivity index (χ3n) is 3.54. The minimum Gasteiger partial charge on any atom is -0.497 e. The van der Waals surface area contributed by atoms with Gasteiger partial charge in [0.2, 0.25) is 0 Å². The van der Waals surface area contributed by atoms with Crippen LogP contribution in [0.3, 0.4) is 0 Å². The highest BCUT2D eigenvalue weighted by Crippen LogP contribution is 2.31. The highest BCUT2D eigenvalue weighted by molar-refractivity contribution is 7.89. The fourth-order valence-electron chi connectivity index (χ4n) is 2.43. The molecule has 0 unspecified atom stereocenters. The Labute approximate surface area is 139 Å². The molecule has 0 aliphatic rings. The van der Waals surface area contributed by atoms with Crippen LogP contribution < -0.4 is 9.46 Å². The SMILES string of the molecule is CCn1c(S(=O)(=O)NCC(=O)OC)c(C#N)c2ccc(OC)cc21. The summed E-state index contributed by atoms with van der Waals surface area (Å²) in [4.78, 5) is 11.2. The minimum atomic E-state index is -4.08. The molecule has 0 atom stereocenters. The minimum absolute atomic E-state index is 0.0202. The maximum atomic E-state index is 12.6. The quantitative estimate of drug-likeness (QED) is 0.777. The lowest BCUT2D eigenvalue weighted by molar-refractivity contribution is -0.139. The predicted octanol–water partition coefficient (Wildman–Crippen LogP) is 0.993. The lowest BCUT2D eigenvalue weighted by atomic mass is 10.2. The number of carbonyl (C=O) groups is 1. The van der Waals surface area contributed by atoms with E-state index in [1.165, 1.54) is 11.7 Å². The van der Waals surface area contributed by atoms with Crippen molar-refractivity contribution in [3.63, 3.8) is 0 Å². The Balaban J connectivity index is 2.68. The number of carbonyl (C=O) groups excluding carboxylic acids is 1. The van der Waals surface area contributed by atoms with E-state index in [2.05, 4.69) is 9.46 Å². The zero-order valence-electron chi connectivity index (χ0n) is 13.5. The van der Waals surface area contributed by atoms with E-state index in [9.17, 15) is 18.5 Å². The average molecular weight is 351 g/mol. The van der Waals surface area contributed by atoms with Crippen LogP contribution in [0.5, 0.6) is 5.75 Å². The lowest BCUT2D eigenvalue weighted by Gasteiger charge is -2.10. The Morgan fingerprint density at radius 3 is 2.62 bits per heavy atom. The molecular formula is C15H17N3O5S. The molecule has 8 nitrogen and oxygen atoms in total. The molecule has 1 aromatic heterocycles. The van der Waals surface area contributed by atoms with Crippen molar-refractivity contribution < 1.29 is 22.7 Å². The number of fused-ring (bicyclic) bond motifs is 1. The molecule has 0 saturated heterocycles. The zero-order valence-corrected chi connectivity index (χ0v) is 14.3. The van der Waals surface area contributed by atoms with Crippen molar-refractivity contribution in [2.45, 2.75) is 18.5 Å². The van der Waals surface area contributed by atoms with Gasteiger partial charge in [-0.2, -0.15) is 9.98 Å². The van der Waals surface area contributed by atoms with Crippen LogP contribution in [-0.2, 0) is 26.1 Å². The second-order valence-corrected chi connectivity index (χ2v) is 6.50. The van der Waals surface area contributed by atoms with E-state index in [1.54, 1.807) is 25.1 Å². The van der Waals surface area contributed by atoms with E-state index < -0.39 is 22.5 Å². The normalized spacial score (nSPS) is 11.2. The number of rotatable bonds is 6. The first-order valence-corrected chi connectivity index (χ1v) is 8.54. The Kier molecular flexibility index (Phi) is 5.11. The summed E-state index contributed by atoms with van der Waals surface area (Å²) < 4.78 is 38.5. The molecule has 0 aliphatic heterocycles. The van der Waals surface area contributed by atoms with Crippen LogP contribution in [0, 0.1) is 11.3 Å². The molecule has 1 aromatic carbocycles. The molecule has 0 aliphatic carbocycles. The number of aryl methyl sites for hydroxylation is 1. The fraction of sp³-hybridized carbons (Fsp3) is 0.333. The van der Waals surface area contributed by atoms with Gasteiger partial charge in [0.25, 0.3) is 10.0 Å². The number of nitrogens with zero attached hydrogens (tertiary/aromatic N) is 2. The Bertz CT molecular complexity index is 925. The summed E-state index contributed by atoms with van der Waals surface area (Å²) in [5.41, 5.74) is 0.582. The Morgan fingerprint density at radius 2 is 2.08 bits per heavy atom. The molecule has 2 aromatic rings. The first kappa shape index (κ1) is 17.8. The summed E-state index contributed by atoms with van der Waals surface area (Å²) in [6, 6.07) is 6.90. The number of nitriles is 1. The number of benzene rings is 1. The van der Waals surface area contributed by atoms with Crippen LogP contribution in [-0.4, -0.2) is 39.7 Å². The Morgan fingerprint density at radius 1 is 1.38 bits per heavy atom. The van der Waals surface area contributed by atoms with E-state index in [4.69, 9.17) is 4.74 Å². The van der Waals surface area contributed by atoms with E-state index in [0.717, 1.165) is 7.11 Å². The van der Waals surface area contributed by atoms with Gasteiger partial charge in [-0.25, -0.2) is 8.42 Å². The number of hydrogen-bond donors (Lipinski definition) is 1. The van der Waals surface area contributed by atoms with Crippen molar-refractivity contribution in [3.8, 4) is 11.8 Å². The standard InChI is InChI=1S/C15H17N3O5S/c1-4-18-13-7-10(22-2)5-6-11(13)12(8-16)15(18)24(20,21)17-9-14(19)23-3/h5-7,17H,4,9H2,1-3H3. The highest BCUT2D eigenvalue weighted by Gasteiger charge is 2.28. The first-order valence-electron chi connectivity index (χ1n) is 7.06. The average Bonchev–Trinajstić information content (AvgIpc) is 2.92. The number of aromatic nitrogens is 1. The largest absolute Gasteiger partial charge is 0.497 e. The van der Waals surface area contributed by atoms with Gasteiger partial charge < -0.3 is 14.0 Å². The smallest absolute Gasteiger partial charge is 0.320 e. The number of methoxy groups -OCH3 is 2. The summed E-state index contributed by atoms with van der Waals surface area (Å²) >= 11 is 0. The number of hydrogen-bond acceptors (Lipinski definition) is 6. The van der Waals surface area contributed by atoms with E-state index in [0.29, 0.717) is 23.2 Å². The monoisotopic (exact) mass is 351 g/mol. The second kappa shape index (κ2) is 6.90. The van der Waals surface area contributed by atoms with E-state index in [-0.39, 0.29) is 10.6 Å². The summed E-state index contributed by atoms with van der Waals surface area (Å²) in [6.45, 7) is 1.57.